The zero-order valence-electron chi connectivity index (χ0n) is 13.2. The minimum absolute atomic E-state index is 0.407. The fourth-order valence-electron chi connectivity index (χ4n) is 3.26. The van der Waals surface area contributed by atoms with Crippen LogP contribution in [0.15, 0.2) is 48.7 Å². The molecule has 1 aliphatic heterocycles. The number of benzene rings is 1. The van der Waals surface area contributed by atoms with Gasteiger partial charge >= 0.3 is 0 Å². The first kappa shape index (κ1) is 15.0. The molecule has 0 saturated carbocycles. The Morgan fingerprint density at radius 1 is 1.14 bits per heavy atom. The van der Waals surface area contributed by atoms with Gasteiger partial charge in [0.1, 0.15) is 0 Å². The topological polar surface area (TPSA) is 25.4 Å². The van der Waals surface area contributed by atoms with Crippen LogP contribution in [-0.2, 0) is 6.54 Å². The highest BCUT2D eigenvalue weighted by Gasteiger charge is 2.26. The Labute approximate surface area is 132 Å². The Balaban J connectivity index is 1.83. The molecule has 0 aliphatic carbocycles. The second-order valence-corrected chi connectivity index (χ2v) is 5.80. The van der Waals surface area contributed by atoms with Crippen molar-refractivity contribution < 1.29 is 4.74 Å². The van der Waals surface area contributed by atoms with E-state index in [-0.39, 0.29) is 0 Å². The molecule has 0 spiro atoms. The molecule has 1 aliphatic rings. The molecule has 3 nitrogen and oxygen atoms in total. The van der Waals surface area contributed by atoms with Gasteiger partial charge < -0.3 is 4.74 Å². The van der Waals surface area contributed by atoms with Crippen LogP contribution in [0.1, 0.15) is 43.4 Å². The van der Waals surface area contributed by atoms with Crippen LogP contribution in [0.25, 0.3) is 0 Å². The number of likely N-dealkylation sites (tertiary alicyclic amines) is 1. The second-order valence-electron chi connectivity index (χ2n) is 5.80. The zero-order chi connectivity index (χ0) is 15.2. The third-order valence-corrected chi connectivity index (χ3v) is 4.28. The van der Waals surface area contributed by atoms with Crippen LogP contribution in [0.3, 0.4) is 0 Å². The Morgan fingerprint density at radius 3 is 2.82 bits per heavy atom. The number of nitrogens with zero attached hydrogens (tertiary/aromatic N) is 2. The molecule has 22 heavy (non-hydrogen) atoms. The molecule has 0 N–H and O–H groups in total. The lowest BCUT2D eigenvalue weighted by molar-refractivity contribution is 0.136. The summed E-state index contributed by atoms with van der Waals surface area (Å²) >= 11 is 0. The van der Waals surface area contributed by atoms with Crippen molar-refractivity contribution in [3.05, 3.63) is 59.8 Å². The van der Waals surface area contributed by atoms with Crippen molar-refractivity contribution in [2.45, 2.75) is 38.8 Å². The summed E-state index contributed by atoms with van der Waals surface area (Å²) < 4.78 is 5.75. The lowest BCUT2D eigenvalue weighted by Gasteiger charge is -2.36. The molecule has 0 unspecified atom stereocenters. The van der Waals surface area contributed by atoms with Gasteiger partial charge in [0.05, 0.1) is 6.61 Å². The molecule has 116 valence electrons. The van der Waals surface area contributed by atoms with Crippen molar-refractivity contribution in [1.29, 1.82) is 0 Å². The standard InChI is InChI=1S/C19H24N2O/c1-2-22-19-17(11-8-13-20-19)18-12-6-7-14-21(18)15-16-9-4-3-5-10-16/h3-5,8-11,13,18H,2,6-7,12,14-15H2,1H3/t18-/m1/s1. The van der Waals surface area contributed by atoms with Gasteiger partial charge in [0.25, 0.3) is 0 Å². The van der Waals surface area contributed by atoms with Crippen molar-refractivity contribution in [2.75, 3.05) is 13.2 Å². The summed E-state index contributed by atoms with van der Waals surface area (Å²) in [5.41, 5.74) is 2.61. The van der Waals surface area contributed by atoms with Crippen molar-refractivity contribution in [3.8, 4) is 5.88 Å². The highest BCUT2D eigenvalue weighted by molar-refractivity contribution is 5.30. The van der Waals surface area contributed by atoms with Gasteiger partial charge in [0, 0.05) is 24.3 Å². The number of pyridine rings is 1. The van der Waals surface area contributed by atoms with E-state index in [4.69, 9.17) is 4.74 Å². The molecular weight excluding hydrogens is 272 g/mol. The van der Waals surface area contributed by atoms with E-state index in [0.29, 0.717) is 12.6 Å². The van der Waals surface area contributed by atoms with E-state index in [1.165, 1.54) is 30.4 Å². The second kappa shape index (κ2) is 7.41. The number of ether oxygens (including phenoxy) is 1. The monoisotopic (exact) mass is 296 g/mol. The van der Waals surface area contributed by atoms with Gasteiger partial charge in [-0.3, -0.25) is 4.90 Å². The molecule has 1 atom stereocenters. The van der Waals surface area contributed by atoms with Crippen LogP contribution in [0, 0.1) is 0 Å². The average molecular weight is 296 g/mol. The molecule has 1 aromatic heterocycles. The maximum absolute atomic E-state index is 5.75. The van der Waals surface area contributed by atoms with Gasteiger partial charge in [0.15, 0.2) is 0 Å². The van der Waals surface area contributed by atoms with Gasteiger partial charge in [-0.2, -0.15) is 0 Å². The van der Waals surface area contributed by atoms with Gasteiger partial charge in [-0.15, -0.1) is 0 Å². The minimum atomic E-state index is 0.407. The van der Waals surface area contributed by atoms with Crippen molar-refractivity contribution in [1.82, 2.24) is 9.88 Å². The zero-order valence-corrected chi connectivity index (χ0v) is 13.2. The number of hydrogen-bond acceptors (Lipinski definition) is 3. The van der Waals surface area contributed by atoms with E-state index in [2.05, 4.69) is 46.3 Å². The first-order valence-corrected chi connectivity index (χ1v) is 8.24. The first-order valence-electron chi connectivity index (χ1n) is 8.24. The summed E-state index contributed by atoms with van der Waals surface area (Å²) in [6.07, 6.45) is 5.54. The summed E-state index contributed by atoms with van der Waals surface area (Å²) in [5.74, 6) is 0.801. The minimum Gasteiger partial charge on any atom is -0.478 e. The Bertz CT molecular complexity index is 585. The van der Waals surface area contributed by atoms with Gasteiger partial charge in [-0.25, -0.2) is 4.98 Å². The quantitative estimate of drug-likeness (QED) is 0.826. The fraction of sp³-hybridized carbons (Fsp3) is 0.421. The Morgan fingerprint density at radius 2 is 2.00 bits per heavy atom. The first-order chi connectivity index (χ1) is 10.9. The number of aromatic nitrogens is 1. The molecule has 1 fully saturated rings. The van der Waals surface area contributed by atoms with Crippen LogP contribution in [0.2, 0.25) is 0 Å². The molecule has 2 aromatic rings. The molecule has 1 saturated heterocycles. The Hall–Kier alpha value is -1.87. The maximum Gasteiger partial charge on any atom is 0.218 e. The number of piperidine rings is 1. The largest absolute Gasteiger partial charge is 0.478 e. The molecule has 0 bridgehead atoms. The fourth-order valence-corrected chi connectivity index (χ4v) is 3.26. The molecule has 0 radical (unpaired) electrons. The lowest BCUT2D eigenvalue weighted by Crippen LogP contribution is -2.33. The molecule has 0 amide bonds. The average Bonchev–Trinajstić information content (AvgIpc) is 2.57. The summed E-state index contributed by atoms with van der Waals surface area (Å²) in [6, 6.07) is 15.3. The van der Waals surface area contributed by atoms with E-state index in [9.17, 15) is 0 Å². The van der Waals surface area contributed by atoms with Crippen LogP contribution >= 0.6 is 0 Å². The third-order valence-electron chi connectivity index (χ3n) is 4.28. The highest BCUT2D eigenvalue weighted by atomic mass is 16.5. The molecule has 1 aromatic carbocycles. The maximum atomic E-state index is 5.75. The predicted molar refractivity (Wildman–Crippen MR) is 88.9 cm³/mol. The Kier molecular flexibility index (Phi) is 5.07. The lowest BCUT2D eigenvalue weighted by atomic mass is 9.95. The van der Waals surface area contributed by atoms with E-state index >= 15 is 0 Å². The van der Waals surface area contributed by atoms with E-state index in [1.54, 1.807) is 0 Å². The summed E-state index contributed by atoms with van der Waals surface area (Å²) in [4.78, 5) is 7.00. The van der Waals surface area contributed by atoms with E-state index in [0.717, 1.165) is 19.0 Å². The third kappa shape index (κ3) is 3.47. The highest BCUT2D eigenvalue weighted by Crippen LogP contribution is 2.35. The smallest absolute Gasteiger partial charge is 0.218 e. The van der Waals surface area contributed by atoms with E-state index in [1.807, 2.05) is 19.2 Å². The van der Waals surface area contributed by atoms with Crippen LogP contribution in [0.4, 0.5) is 0 Å². The summed E-state index contributed by atoms with van der Waals surface area (Å²) in [6.45, 7) is 4.81. The van der Waals surface area contributed by atoms with Gasteiger partial charge in [-0.05, 0) is 37.9 Å². The molecule has 2 heterocycles. The SMILES string of the molecule is CCOc1ncccc1[C@H]1CCCCN1Cc1ccccc1. The summed E-state index contributed by atoms with van der Waals surface area (Å²) in [5, 5.41) is 0. The van der Waals surface area contributed by atoms with Crippen molar-refractivity contribution in [2.24, 2.45) is 0 Å². The van der Waals surface area contributed by atoms with Crippen LogP contribution < -0.4 is 4.74 Å². The molecular formula is C19H24N2O. The molecule has 3 heteroatoms. The van der Waals surface area contributed by atoms with Crippen LogP contribution in [0.5, 0.6) is 5.88 Å². The number of rotatable bonds is 5. The van der Waals surface area contributed by atoms with Gasteiger partial charge in [0.2, 0.25) is 5.88 Å². The normalized spacial score (nSPS) is 19.0. The van der Waals surface area contributed by atoms with Crippen molar-refractivity contribution >= 4 is 0 Å². The molecule has 3 rings (SSSR count). The van der Waals surface area contributed by atoms with Crippen LogP contribution in [-0.4, -0.2) is 23.0 Å². The van der Waals surface area contributed by atoms with Gasteiger partial charge in [-0.1, -0.05) is 42.8 Å². The predicted octanol–water partition coefficient (Wildman–Crippen LogP) is 4.21. The van der Waals surface area contributed by atoms with E-state index < -0.39 is 0 Å². The summed E-state index contributed by atoms with van der Waals surface area (Å²) in [7, 11) is 0. The van der Waals surface area contributed by atoms with Crippen molar-refractivity contribution in [3.63, 3.8) is 0 Å². The number of hydrogen-bond donors (Lipinski definition) is 0.